The molecule has 0 unspecified atom stereocenters. The minimum atomic E-state index is 0.576. The number of nitrogens with zero attached hydrogens (tertiary/aromatic N) is 2. The lowest BCUT2D eigenvalue weighted by Crippen LogP contribution is -2.27. The van der Waals surface area contributed by atoms with Crippen molar-refractivity contribution in [3.8, 4) is 0 Å². The van der Waals surface area contributed by atoms with Gasteiger partial charge in [-0.15, -0.1) is 0 Å². The van der Waals surface area contributed by atoms with Crippen molar-refractivity contribution in [1.29, 1.82) is 0 Å². The summed E-state index contributed by atoms with van der Waals surface area (Å²) >= 11 is 0. The van der Waals surface area contributed by atoms with Crippen molar-refractivity contribution < 1.29 is 0 Å². The van der Waals surface area contributed by atoms with Gasteiger partial charge in [-0.3, -0.25) is 0 Å². The Morgan fingerprint density at radius 3 is 2.80 bits per heavy atom. The van der Waals surface area contributed by atoms with Gasteiger partial charge in [0.05, 0.1) is 0 Å². The molecule has 3 aliphatic rings. The summed E-state index contributed by atoms with van der Waals surface area (Å²) in [6.45, 7) is 0.576. The third-order valence-electron chi connectivity index (χ3n) is 3.53. The molecule has 80 valence electrons. The van der Waals surface area contributed by atoms with Crippen molar-refractivity contribution in [1.82, 2.24) is 5.32 Å². The molecule has 0 bridgehead atoms. The number of nitrogens with one attached hydrogen (secondary N) is 1. The van der Waals surface area contributed by atoms with E-state index in [2.05, 4.69) is 15.3 Å². The van der Waals surface area contributed by atoms with Crippen LogP contribution in [-0.4, -0.2) is 18.2 Å². The third-order valence-corrected chi connectivity index (χ3v) is 3.53. The normalized spacial score (nSPS) is 26.1. The van der Waals surface area contributed by atoms with Gasteiger partial charge in [-0.1, -0.05) is 12.8 Å². The van der Waals surface area contributed by atoms with Crippen LogP contribution in [0.15, 0.2) is 21.4 Å². The van der Waals surface area contributed by atoms with Crippen LogP contribution < -0.4 is 11.1 Å². The molecule has 0 spiro atoms. The first-order valence-electron chi connectivity index (χ1n) is 5.69. The van der Waals surface area contributed by atoms with Crippen LogP contribution >= 0.6 is 0 Å². The van der Waals surface area contributed by atoms with E-state index in [-0.39, 0.29) is 0 Å². The van der Waals surface area contributed by atoms with Crippen LogP contribution in [0.4, 0.5) is 0 Å². The molecule has 0 saturated heterocycles. The Balaban J connectivity index is 1.80. The zero-order valence-electron chi connectivity index (χ0n) is 8.79. The Bertz CT molecular complexity index is 372. The molecular weight excluding hydrogens is 188 g/mol. The Morgan fingerprint density at radius 2 is 2.07 bits per heavy atom. The molecule has 2 aliphatic heterocycles. The van der Waals surface area contributed by atoms with Gasteiger partial charge >= 0.3 is 0 Å². The van der Waals surface area contributed by atoms with Crippen molar-refractivity contribution in [3.63, 3.8) is 0 Å². The average molecular weight is 204 g/mol. The molecule has 1 aliphatic carbocycles. The molecule has 0 atom stereocenters. The summed E-state index contributed by atoms with van der Waals surface area (Å²) < 4.78 is 0. The van der Waals surface area contributed by atoms with Gasteiger partial charge in [-0.05, 0) is 18.8 Å². The lowest BCUT2D eigenvalue weighted by Gasteiger charge is -2.12. The summed E-state index contributed by atoms with van der Waals surface area (Å²) in [4.78, 5) is 8.85. The summed E-state index contributed by atoms with van der Waals surface area (Å²) in [5.41, 5.74) is 8.30. The lowest BCUT2D eigenvalue weighted by atomic mass is 9.97. The number of hydrogen-bond acceptors (Lipinski definition) is 4. The molecule has 2 heterocycles. The predicted octanol–water partition coefficient (Wildman–Crippen LogP) is 1.15. The van der Waals surface area contributed by atoms with Crippen LogP contribution in [-0.2, 0) is 0 Å². The van der Waals surface area contributed by atoms with Crippen molar-refractivity contribution in [2.24, 2.45) is 21.6 Å². The van der Waals surface area contributed by atoms with Crippen molar-refractivity contribution >= 4 is 11.5 Å². The first-order valence-corrected chi connectivity index (χ1v) is 5.69. The zero-order valence-corrected chi connectivity index (χ0v) is 8.79. The van der Waals surface area contributed by atoms with Gasteiger partial charge in [0.15, 0.2) is 0 Å². The smallest absolute Gasteiger partial charge is 0.134 e. The summed E-state index contributed by atoms with van der Waals surface area (Å²) in [7, 11) is 0. The maximum Gasteiger partial charge on any atom is 0.134 e. The molecule has 0 aromatic carbocycles. The zero-order chi connectivity index (χ0) is 10.3. The van der Waals surface area contributed by atoms with E-state index in [1.807, 2.05) is 0 Å². The van der Waals surface area contributed by atoms with E-state index in [0.717, 1.165) is 17.8 Å². The second-order valence-electron chi connectivity index (χ2n) is 4.47. The maximum absolute atomic E-state index is 5.86. The van der Waals surface area contributed by atoms with Crippen LogP contribution in [0.2, 0.25) is 0 Å². The summed E-state index contributed by atoms with van der Waals surface area (Å²) in [5.74, 6) is 2.36. The second-order valence-corrected chi connectivity index (χ2v) is 4.47. The molecule has 1 fully saturated rings. The highest BCUT2D eigenvalue weighted by atomic mass is 15.2. The molecule has 4 heteroatoms. The average Bonchev–Trinajstić information content (AvgIpc) is 2.86. The predicted molar refractivity (Wildman–Crippen MR) is 60.7 cm³/mol. The molecule has 0 amide bonds. The van der Waals surface area contributed by atoms with E-state index in [1.54, 1.807) is 0 Å². The van der Waals surface area contributed by atoms with E-state index in [0.29, 0.717) is 18.4 Å². The van der Waals surface area contributed by atoms with Gasteiger partial charge in [0.25, 0.3) is 0 Å². The quantitative estimate of drug-likeness (QED) is 0.673. The fraction of sp³-hybridized carbons (Fsp3) is 0.636. The van der Waals surface area contributed by atoms with E-state index in [9.17, 15) is 0 Å². The SMILES string of the molecule is NC1=NCNC2=C1CC(C1CCCC1)=N2. The fourth-order valence-electron chi connectivity index (χ4n) is 2.66. The van der Waals surface area contributed by atoms with Crippen LogP contribution in [0.3, 0.4) is 0 Å². The minimum Gasteiger partial charge on any atom is -0.384 e. The van der Waals surface area contributed by atoms with Gasteiger partial charge in [-0.25, -0.2) is 9.98 Å². The number of hydrogen-bond donors (Lipinski definition) is 2. The summed E-state index contributed by atoms with van der Waals surface area (Å²) in [6, 6.07) is 0. The van der Waals surface area contributed by atoms with Crippen molar-refractivity contribution in [3.05, 3.63) is 11.4 Å². The number of rotatable bonds is 1. The number of aliphatic imine (C=N–C) groups is 2. The van der Waals surface area contributed by atoms with Crippen molar-refractivity contribution in [2.45, 2.75) is 32.1 Å². The van der Waals surface area contributed by atoms with Crippen LogP contribution in [0.1, 0.15) is 32.1 Å². The Hall–Kier alpha value is -1.32. The fourth-order valence-corrected chi connectivity index (χ4v) is 2.66. The second kappa shape index (κ2) is 3.36. The molecular formula is C11H16N4. The van der Waals surface area contributed by atoms with Gasteiger partial charge in [-0.2, -0.15) is 0 Å². The van der Waals surface area contributed by atoms with Crippen molar-refractivity contribution in [2.75, 3.05) is 6.67 Å². The van der Waals surface area contributed by atoms with Crippen LogP contribution in [0, 0.1) is 5.92 Å². The Labute approximate surface area is 89.4 Å². The first-order chi connectivity index (χ1) is 7.34. The molecule has 15 heavy (non-hydrogen) atoms. The highest BCUT2D eigenvalue weighted by Gasteiger charge is 2.29. The molecule has 0 radical (unpaired) electrons. The highest BCUT2D eigenvalue weighted by molar-refractivity contribution is 6.07. The van der Waals surface area contributed by atoms with Gasteiger partial charge < -0.3 is 11.1 Å². The number of nitrogens with two attached hydrogens (primary N) is 1. The Kier molecular flexibility index (Phi) is 2.01. The molecule has 0 aromatic heterocycles. The van der Waals surface area contributed by atoms with Crippen LogP contribution in [0.5, 0.6) is 0 Å². The molecule has 4 nitrogen and oxygen atoms in total. The molecule has 0 aromatic rings. The standard InChI is InChI=1S/C11H16N4/c12-10-8-5-9(7-3-1-2-4-7)15-11(8)14-6-13-10/h7,14H,1-6H2,(H2,12,13). The van der Waals surface area contributed by atoms with E-state index >= 15 is 0 Å². The van der Waals surface area contributed by atoms with Gasteiger partial charge in [0.1, 0.15) is 18.3 Å². The highest BCUT2D eigenvalue weighted by Crippen LogP contribution is 2.32. The summed E-state index contributed by atoms with van der Waals surface area (Å²) in [5, 5.41) is 3.19. The van der Waals surface area contributed by atoms with E-state index in [1.165, 1.54) is 31.4 Å². The summed E-state index contributed by atoms with van der Waals surface area (Å²) in [6.07, 6.45) is 6.23. The van der Waals surface area contributed by atoms with Gasteiger partial charge in [0, 0.05) is 17.7 Å². The Morgan fingerprint density at radius 1 is 1.27 bits per heavy atom. The molecule has 1 saturated carbocycles. The largest absolute Gasteiger partial charge is 0.384 e. The number of amidine groups is 1. The first kappa shape index (κ1) is 8.95. The third kappa shape index (κ3) is 1.44. The van der Waals surface area contributed by atoms with Gasteiger partial charge in [0.2, 0.25) is 0 Å². The minimum absolute atomic E-state index is 0.576. The monoisotopic (exact) mass is 204 g/mol. The van der Waals surface area contributed by atoms with E-state index in [4.69, 9.17) is 5.73 Å². The van der Waals surface area contributed by atoms with Crippen LogP contribution in [0.25, 0.3) is 0 Å². The lowest BCUT2D eigenvalue weighted by molar-refractivity contribution is 0.719. The topological polar surface area (TPSA) is 62.8 Å². The van der Waals surface area contributed by atoms with E-state index < -0.39 is 0 Å². The molecule has 3 N–H and O–H groups in total. The molecule has 3 rings (SSSR count). The maximum atomic E-state index is 5.86.